The highest BCUT2D eigenvalue weighted by Gasteiger charge is 2.47. The van der Waals surface area contributed by atoms with Crippen LogP contribution in [0.25, 0.3) is 5.76 Å². The van der Waals surface area contributed by atoms with E-state index in [1.807, 2.05) is 13.0 Å². The highest BCUT2D eigenvalue weighted by atomic mass is 79.9. The number of halogens is 1. The maximum atomic E-state index is 13.2. The fourth-order valence-corrected chi connectivity index (χ4v) is 4.07. The lowest BCUT2D eigenvalue weighted by molar-refractivity contribution is -0.132. The minimum Gasteiger partial charge on any atom is -0.507 e. The van der Waals surface area contributed by atoms with Crippen LogP contribution in [0, 0.1) is 0 Å². The SMILES string of the molecule is CCCOc1cccc(/C(O)=C2\C(=O)C(=O)N(c3cccc(Br)c3)C2c2cccnc2)c1. The molecule has 2 aromatic carbocycles. The number of aliphatic hydroxyl groups excluding tert-OH is 1. The lowest BCUT2D eigenvalue weighted by Crippen LogP contribution is -2.29. The van der Waals surface area contributed by atoms with E-state index in [0.717, 1.165) is 10.9 Å². The van der Waals surface area contributed by atoms with Crippen molar-refractivity contribution in [2.75, 3.05) is 11.5 Å². The molecule has 0 radical (unpaired) electrons. The molecule has 1 unspecified atom stereocenters. The molecule has 1 saturated heterocycles. The molecule has 1 atom stereocenters. The molecule has 1 aliphatic rings. The fraction of sp³-hybridized carbons (Fsp3) is 0.160. The fourth-order valence-electron chi connectivity index (χ4n) is 3.69. The Morgan fingerprint density at radius 2 is 1.94 bits per heavy atom. The Balaban J connectivity index is 1.88. The highest BCUT2D eigenvalue weighted by Crippen LogP contribution is 2.42. The van der Waals surface area contributed by atoms with Gasteiger partial charge in [0.1, 0.15) is 11.5 Å². The van der Waals surface area contributed by atoms with E-state index < -0.39 is 17.7 Å². The predicted molar refractivity (Wildman–Crippen MR) is 125 cm³/mol. The van der Waals surface area contributed by atoms with E-state index in [-0.39, 0.29) is 11.3 Å². The summed E-state index contributed by atoms with van der Waals surface area (Å²) in [4.78, 5) is 31.8. The van der Waals surface area contributed by atoms with Gasteiger partial charge in [0.25, 0.3) is 11.7 Å². The number of carbonyl (C=O) groups excluding carboxylic acids is 2. The maximum absolute atomic E-state index is 13.2. The summed E-state index contributed by atoms with van der Waals surface area (Å²) in [5.74, 6) is -1.14. The van der Waals surface area contributed by atoms with Crippen molar-refractivity contribution >= 4 is 39.1 Å². The van der Waals surface area contributed by atoms with Crippen LogP contribution in [-0.4, -0.2) is 28.4 Å². The summed E-state index contributed by atoms with van der Waals surface area (Å²) >= 11 is 3.42. The van der Waals surface area contributed by atoms with E-state index in [4.69, 9.17) is 4.74 Å². The number of benzene rings is 2. The zero-order valence-corrected chi connectivity index (χ0v) is 19.0. The van der Waals surface area contributed by atoms with Gasteiger partial charge < -0.3 is 9.84 Å². The molecule has 3 aromatic rings. The Hall–Kier alpha value is -3.45. The van der Waals surface area contributed by atoms with Gasteiger partial charge in [-0.15, -0.1) is 0 Å². The molecule has 0 saturated carbocycles. The number of anilines is 1. The highest BCUT2D eigenvalue weighted by molar-refractivity contribution is 9.10. The van der Waals surface area contributed by atoms with Gasteiger partial charge in [-0.25, -0.2) is 0 Å². The number of ether oxygens (including phenoxy) is 1. The molecule has 1 aromatic heterocycles. The molecule has 6 nitrogen and oxygen atoms in total. The molecule has 1 aliphatic heterocycles. The minimum atomic E-state index is -0.821. The Bertz CT molecular complexity index is 1190. The summed E-state index contributed by atoms with van der Waals surface area (Å²) < 4.78 is 6.43. The number of carbonyl (C=O) groups is 2. The zero-order chi connectivity index (χ0) is 22.7. The van der Waals surface area contributed by atoms with E-state index in [1.165, 1.54) is 4.90 Å². The van der Waals surface area contributed by atoms with E-state index in [2.05, 4.69) is 20.9 Å². The molecule has 1 fully saturated rings. The van der Waals surface area contributed by atoms with Gasteiger partial charge in [-0.3, -0.25) is 19.5 Å². The first-order valence-corrected chi connectivity index (χ1v) is 11.0. The van der Waals surface area contributed by atoms with Crippen molar-refractivity contribution in [3.05, 3.63) is 94.2 Å². The summed E-state index contributed by atoms with van der Waals surface area (Å²) in [6, 6.07) is 16.7. The van der Waals surface area contributed by atoms with Crippen LogP contribution in [0.3, 0.4) is 0 Å². The van der Waals surface area contributed by atoms with Crippen molar-refractivity contribution < 1.29 is 19.4 Å². The summed E-state index contributed by atoms with van der Waals surface area (Å²) in [5, 5.41) is 11.2. The summed E-state index contributed by atoms with van der Waals surface area (Å²) in [6.07, 6.45) is 4.05. The molecule has 4 rings (SSSR count). The van der Waals surface area contributed by atoms with Gasteiger partial charge in [0.15, 0.2) is 0 Å². The molecule has 0 bridgehead atoms. The van der Waals surface area contributed by atoms with Gasteiger partial charge in [-0.2, -0.15) is 0 Å². The Morgan fingerprint density at radius 1 is 1.12 bits per heavy atom. The van der Waals surface area contributed by atoms with Gasteiger partial charge in [0, 0.05) is 28.1 Å². The third-order valence-electron chi connectivity index (χ3n) is 5.11. The monoisotopic (exact) mass is 492 g/mol. The first-order chi connectivity index (χ1) is 15.5. The minimum absolute atomic E-state index is 0.00983. The van der Waals surface area contributed by atoms with Crippen molar-refractivity contribution in [2.24, 2.45) is 0 Å². The number of hydrogen-bond donors (Lipinski definition) is 1. The number of aliphatic hydroxyl groups is 1. The summed E-state index contributed by atoms with van der Waals surface area (Å²) in [6.45, 7) is 2.54. The summed E-state index contributed by atoms with van der Waals surface area (Å²) in [5.41, 5.74) is 1.57. The second-order valence-corrected chi connectivity index (χ2v) is 8.23. The number of pyridine rings is 1. The molecular weight excluding hydrogens is 472 g/mol. The molecule has 0 spiro atoms. The molecule has 2 heterocycles. The van der Waals surface area contributed by atoms with Crippen molar-refractivity contribution in [3.8, 4) is 5.75 Å². The van der Waals surface area contributed by atoms with Crippen molar-refractivity contribution in [2.45, 2.75) is 19.4 Å². The number of rotatable bonds is 6. The van der Waals surface area contributed by atoms with E-state index in [1.54, 1.807) is 67.0 Å². The van der Waals surface area contributed by atoms with Crippen LogP contribution in [0.4, 0.5) is 5.69 Å². The Labute approximate surface area is 194 Å². The summed E-state index contributed by atoms with van der Waals surface area (Å²) in [7, 11) is 0. The Kier molecular flexibility index (Phi) is 6.37. The largest absolute Gasteiger partial charge is 0.507 e. The van der Waals surface area contributed by atoms with Crippen LogP contribution in [0.5, 0.6) is 5.75 Å². The number of nitrogens with zero attached hydrogens (tertiary/aromatic N) is 2. The van der Waals surface area contributed by atoms with E-state index in [9.17, 15) is 14.7 Å². The first-order valence-electron chi connectivity index (χ1n) is 10.2. The van der Waals surface area contributed by atoms with Crippen molar-refractivity contribution in [3.63, 3.8) is 0 Å². The lowest BCUT2D eigenvalue weighted by Gasteiger charge is -2.25. The van der Waals surface area contributed by atoms with Crippen LogP contribution in [0.15, 0.2) is 83.1 Å². The standard InChI is InChI=1S/C25H21BrN2O4/c1-2-12-32-20-10-3-6-16(13-20)23(29)21-22(17-7-5-11-27-15-17)28(25(31)24(21)30)19-9-4-8-18(26)14-19/h3-11,13-15,22,29H,2,12H2,1H3/b23-21+. The number of Topliss-reactive ketones (excluding diaryl/α,β-unsaturated/α-hetero) is 1. The second-order valence-electron chi connectivity index (χ2n) is 7.31. The number of hydrogen-bond acceptors (Lipinski definition) is 5. The third kappa shape index (κ3) is 4.16. The normalized spacial score (nSPS) is 17.6. The van der Waals surface area contributed by atoms with Gasteiger partial charge in [-0.1, -0.05) is 47.1 Å². The zero-order valence-electron chi connectivity index (χ0n) is 17.4. The van der Waals surface area contributed by atoms with Crippen LogP contribution in [-0.2, 0) is 9.59 Å². The molecule has 162 valence electrons. The lowest BCUT2D eigenvalue weighted by atomic mass is 9.96. The average Bonchev–Trinajstić information content (AvgIpc) is 3.08. The average molecular weight is 493 g/mol. The quantitative estimate of drug-likeness (QED) is 0.288. The van der Waals surface area contributed by atoms with Crippen molar-refractivity contribution in [1.29, 1.82) is 0 Å². The van der Waals surface area contributed by atoms with Gasteiger partial charge >= 0.3 is 0 Å². The van der Waals surface area contributed by atoms with Gasteiger partial charge in [0.2, 0.25) is 0 Å². The topological polar surface area (TPSA) is 79.7 Å². The molecule has 32 heavy (non-hydrogen) atoms. The number of ketones is 1. The molecule has 1 amide bonds. The van der Waals surface area contributed by atoms with Crippen LogP contribution < -0.4 is 9.64 Å². The Morgan fingerprint density at radius 3 is 2.66 bits per heavy atom. The molecule has 1 N–H and O–H groups in total. The maximum Gasteiger partial charge on any atom is 0.300 e. The number of aromatic nitrogens is 1. The van der Waals surface area contributed by atoms with Crippen molar-refractivity contribution in [1.82, 2.24) is 4.98 Å². The first kappa shape index (κ1) is 21.8. The molecule has 7 heteroatoms. The third-order valence-corrected chi connectivity index (χ3v) is 5.60. The molecular formula is C25H21BrN2O4. The van der Waals surface area contributed by atoms with Gasteiger partial charge in [-0.05, 0) is 48.4 Å². The number of amides is 1. The van der Waals surface area contributed by atoms with Crippen LogP contribution in [0.1, 0.15) is 30.5 Å². The van der Waals surface area contributed by atoms with Crippen LogP contribution >= 0.6 is 15.9 Å². The predicted octanol–water partition coefficient (Wildman–Crippen LogP) is 5.26. The second kappa shape index (κ2) is 9.36. The smallest absolute Gasteiger partial charge is 0.300 e. The van der Waals surface area contributed by atoms with E-state index in [0.29, 0.717) is 29.2 Å². The van der Waals surface area contributed by atoms with Gasteiger partial charge in [0.05, 0.1) is 18.2 Å². The van der Waals surface area contributed by atoms with Crippen LogP contribution in [0.2, 0.25) is 0 Å². The molecule has 0 aliphatic carbocycles. The van der Waals surface area contributed by atoms with E-state index >= 15 is 0 Å².